The van der Waals surface area contributed by atoms with Gasteiger partial charge in [0.05, 0.1) is 6.10 Å². The van der Waals surface area contributed by atoms with Gasteiger partial charge in [-0.05, 0) is 37.5 Å². The number of hydrogen-bond donors (Lipinski definition) is 2. The highest BCUT2D eigenvalue weighted by molar-refractivity contribution is 4.79. The predicted molar refractivity (Wildman–Crippen MR) is 60.3 cm³/mol. The van der Waals surface area contributed by atoms with E-state index in [0.717, 1.165) is 18.9 Å². The van der Waals surface area contributed by atoms with E-state index >= 15 is 0 Å². The van der Waals surface area contributed by atoms with Crippen molar-refractivity contribution in [2.24, 2.45) is 11.8 Å². The molecule has 2 N–H and O–H groups in total. The third kappa shape index (κ3) is 4.43. The monoisotopic (exact) mass is 199 g/mol. The highest BCUT2D eigenvalue weighted by Gasteiger charge is 2.21. The Bertz CT molecular complexity index is 158. The zero-order chi connectivity index (χ0) is 10.6. The van der Waals surface area contributed by atoms with Gasteiger partial charge in [0.1, 0.15) is 0 Å². The van der Waals surface area contributed by atoms with E-state index in [2.05, 4.69) is 26.1 Å². The van der Waals surface area contributed by atoms with Crippen LogP contribution in [0, 0.1) is 11.8 Å². The lowest BCUT2D eigenvalue weighted by molar-refractivity contribution is 0.142. The highest BCUT2D eigenvalue weighted by atomic mass is 16.3. The summed E-state index contributed by atoms with van der Waals surface area (Å²) in [6.45, 7) is 7.39. The molecule has 1 rings (SSSR count). The van der Waals surface area contributed by atoms with Crippen LogP contribution in [0.25, 0.3) is 0 Å². The fraction of sp³-hybridized carbons (Fsp3) is 1.00. The van der Waals surface area contributed by atoms with Crippen molar-refractivity contribution >= 4 is 0 Å². The third-order valence-corrected chi connectivity index (χ3v) is 3.08. The van der Waals surface area contributed by atoms with E-state index < -0.39 is 0 Å². The molecule has 1 aliphatic carbocycles. The molecule has 0 spiro atoms. The van der Waals surface area contributed by atoms with Crippen molar-refractivity contribution < 1.29 is 5.11 Å². The second-order valence-electron chi connectivity index (χ2n) is 5.31. The average Bonchev–Trinajstić information content (AvgIpc) is 2.47. The molecule has 0 aromatic heterocycles. The number of hydrogen-bond acceptors (Lipinski definition) is 2. The van der Waals surface area contributed by atoms with Crippen molar-refractivity contribution in [1.29, 1.82) is 0 Å². The Kier molecular flexibility index (Phi) is 4.90. The molecule has 0 bridgehead atoms. The van der Waals surface area contributed by atoms with Crippen molar-refractivity contribution in [2.45, 2.75) is 58.6 Å². The molecule has 0 heterocycles. The van der Waals surface area contributed by atoms with Gasteiger partial charge in [-0.2, -0.15) is 0 Å². The van der Waals surface area contributed by atoms with Crippen molar-refractivity contribution in [2.75, 3.05) is 6.54 Å². The lowest BCUT2D eigenvalue weighted by Gasteiger charge is -2.17. The number of nitrogens with one attached hydrogen (secondary N) is 1. The summed E-state index contributed by atoms with van der Waals surface area (Å²) in [7, 11) is 0. The van der Waals surface area contributed by atoms with Gasteiger partial charge in [-0.15, -0.1) is 0 Å². The van der Waals surface area contributed by atoms with E-state index in [1.54, 1.807) is 0 Å². The van der Waals surface area contributed by atoms with Crippen LogP contribution >= 0.6 is 0 Å². The Morgan fingerprint density at radius 2 is 2.07 bits per heavy atom. The van der Waals surface area contributed by atoms with Crippen molar-refractivity contribution in [3.05, 3.63) is 0 Å². The average molecular weight is 199 g/mol. The van der Waals surface area contributed by atoms with Crippen LogP contribution in [0.2, 0.25) is 0 Å². The van der Waals surface area contributed by atoms with Gasteiger partial charge >= 0.3 is 0 Å². The summed E-state index contributed by atoms with van der Waals surface area (Å²) >= 11 is 0. The van der Waals surface area contributed by atoms with E-state index in [4.69, 9.17) is 0 Å². The molecule has 0 aliphatic heterocycles. The van der Waals surface area contributed by atoms with Crippen LogP contribution in [-0.4, -0.2) is 23.8 Å². The van der Waals surface area contributed by atoms with Gasteiger partial charge in [0.15, 0.2) is 0 Å². The quantitative estimate of drug-likeness (QED) is 0.711. The molecule has 2 nitrogen and oxygen atoms in total. The molecular weight excluding hydrogens is 174 g/mol. The van der Waals surface area contributed by atoms with Crippen LogP contribution in [0.3, 0.4) is 0 Å². The SMILES string of the molecule is CC(C)CC(O)CNC1CCC(C)C1. The fourth-order valence-electron chi connectivity index (χ4n) is 2.32. The lowest BCUT2D eigenvalue weighted by atomic mass is 10.1. The van der Waals surface area contributed by atoms with E-state index in [1.165, 1.54) is 19.3 Å². The number of rotatable bonds is 5. The number of aliphatic hydroxyl groups excluding tert-OH is 1. The lowest BCUT2D eigenvalue weighted by Crippen LogP contribution is -2.34. The summed E-state index contributed by atoms with van der Waals surface area (Å²) in [6, 6.07) is 0.659. The maximum atomic E-state index is 9.68. The maximum Gasteiger partial charge on any atom is 0.0667 e. The summed E-state index contributed by atoms with van der Waals surface area (Å²) < 4.78 is 0. The predicted octanol–water partition coefficient (Wildman–Crippen LogP) is 2.17. The normalized spacial score (nSPS) is 29.8. The molecule has 1 aliphatic rings. The van der Waals surface area contributed by atoms with Crippen molar-refractivity contribution in [3.8, 4) is 0 Å². The Labute approximate surface area is 88.1 Å². The van der Waals surface area contributed by atoms with E-state index in [-0.39, 0.29) is 6.10 Å². The minimum absolute atomic E-state index is 0.161. The molecule has 14 heavy (non-hydrogen) atoms. The largest absolute Gasteiger partial charge is 0.392 e. The number of aliphatic hydroxyl groups is 1. The molecule has 0 aromatic carbocycles. The first-order chi connectivity index (χ1) is 6.58. The summed E-state index contributed by atoms with van der Waals surface area (Å²) in [5, 5.41) is 13.2. The molecule has 0 saturated heterocycles. The van der Waals surface area contributed by atoms with Gasteiger partial charge in [0.25, 0.3) is 0 Å². The zero-order valence-electron chi connectivity index (χ0n) is 9.79. The van der Waals surface area contributed by atoms with Crippen LogP contribution in [0.1, 0.15) is 46.5 Å². The van der Waals surface area contributed by atoms with Crippen LogP contribution in [0.15, 0.2) is 0 Å². The first kappa shape index (κ1) is 12.0. The minimum atomic E-state index is -0.161. The molecule has 3 unspecified atom stereocenters. The fourth-order valence-corrected chi connectivity index (χ4v) is 2.32. The minimum Gasteiger partial charge on any atom is -0.392 e. The van der Waals surface area contributed by atoms with E-state index in [9.17, 15) is 5.11 Å². The molecule has 0 radical (unpaired) electrons. The molecule has 1 saturated carbocycles. The van der Waals surface area contributed by atoms with Crippen molar-refractivity contribution in [3.63, 3.8) is 0 Å². The molecular formula is C12H25NO. The van der Waals surface area contributed by atoms with E-state index in [1.807, 2.05) is 0 Å². The Balaban J connectivity index is 2.08. The Morgan fingerprint density at radius 3 is 2.57 bits per heavy atom. The summed E-state index contributed by atoms with van der Waals surface area (Å²) in [6.07, 6.45) is 4.67. The van der Waals surface area contributed by atoms with Gasteiger partial charge in [-0.25, -0.2) is 0 Å². The molecule has 3 atom stereocenters. The van der Waals surface area contributed by atoms with Crippen LogP contribution in [0.4, 0.5) is 0 Å². The topological polar surface area (TPSA) is 32.3 Å². The molecule has 0 amide bonds. The third-order valence-electron chi connectivity index (χ3n) is 3.08. The van der Waals surface area contributed by atoms with Crippen LogP contribution in [0.5, 0.6) is 0 Å². The standard InChI is InChI=1S/C12H25NO/c1-9(2)6-12(14)8-13-11-5-4-10(3)7-11/h9-14H,4-8H2,1-3H3. The molecule has 0 aromatic rings. The van der Waals surface area contributed by atoms with Gasteiger partial charge in [0, 0.05) is 12.6 Å². The second-order valence-corrected chi connectivity index (χ2v) is 5.31. The van der Waals surface area contributed by atoms with Gasteiger partial charge in [-0.1, -0.05) is 20.8 Å². The van der Waals surface area contributed by atoms with E-state index in [0.29, 0.717) is 12.0 Å². The first-order valence-corrected chi connectivity index (χ1v) is 5.99. The van der Waals surface area contributed by atoms with Gasteiger partial charge in [-0.3, -0.25) is 0 Å². The van der Waals surface area contributed by atoms with Crippen LogP contribution in [-0.2, 0) is 0 Å². The molecule has 2 heteroatoms. The maximum absolute atomic E-state index is 9.68. The molecule has 1 fully saturated rings. The van der Waals surface area contributed by atoms with Crippen LogP contribution < -0.4 is 5.32 Å². The summed E-state index contributed by atoms with van der Waals surface area (Å²) in [5.74, 6) is 1.46. The zero-order valence-corrected chi connectivity index (χ0v) is 9.79. The highest BCUT2D eigenvalue weighted by Crippen LogP contribution is 2.24. The summed E-state index contributed by atoms with van der Waals surface area (Å²) in [4.78, 5) is 0. The Morgan fingerprint density at radius 1 is 1.36 bits per heavy atom. The Hall–Kier alpha value is -0.0800. The summed E-state index contributed by atoms with van der Waals surface area (Å²) in [5.41, 5.74) is 0. The second kappa shape index (κ2) is 5.72. The van der Waals surface area contributed by atoms with Gasteiger partial charge in [0.2, 0.25) is 0 Å². The first-order valence-electron chi connectivity index (χ1n) is 5.99. The smallest absolute Gasteiger partial charge is 0.0667 e. The molecule has 84 valence electrons. The van der Waals surface area contributed by atoms with Crippen molar-refractivity contribution in [1.82, 2.24) is 5.32 Å². The van der Waals surface area contributed by atoms with Gasteiger partial charge < -0.3 is 10.4 Å².